The Kier molecular flexibility index (Phi) is 9.52. The quantitative estimate of drug-likeness (QED) is 0.395. The minimum absolute atomic E-state index is 0.0853. The maximum Gasteiger partial charge on any atom is 0.390 e. The molecule has 0 bridgehead atoms. The molecule has 40 heavy (non-hydrogen) atoms. The van der Waals surface area contributed by atoms with Crippen molar-refractivity contribution in [2.75, 3.05) is 49.5 Å². The van der Waals surface area contributed by atoms with Gasteiger partial charge >= 0.3 is 6.18 Å². The Labute approximate surface area is 234 Å². The standard InChI is InChI=1S/C27H31ClF5N5O2/c1-16-15-38(11-10-37(16)9-7-27(31,32)33)22-12-19(28)3-5-21(22)36-26(40)20-4-2-17(23(29)24(20)30)14-35-25(39)18-6-8-34-13-18/h2-5,12,16,18,34H,6-11,13-15H2,1H3,(H,35,39)(H,36,40)/t16-,18+/m0/s1. The summed E-state index contributed by atoms with van der Waals surface area (Å²) in [6, 6.07) is 6.88. The van der Waals surface area contributed by atoms with Crippen molar-refractivity contribution in [3.05, 3.63) is 58.1 Å². The number of anilines is 2. The molecule has 0 unspecified atom stereocenters. The highest BCUT2D eigenvalue weighted by atomic mass is 35.5. The van der Waals surface area contributed by atoms with Gasteiger partial charge in [0.25, 0.3) is 5.91 Å². The Morgan fingerprint density at radius 3 is 2.58 bits per heavy atom. The van der Waals surface area contributed by atoms with Crippen LogP contribution in [0.4, 0.5) is 33.3 Å². The number of carbonyl (C=O) groups is 2. The van der Waals surface area contributed by atoms with Crippen LogP contribution in [0.3, 0.4) is 0 Å². The molecule has 13 heteroatoms. The van der Waals surface area contributed by atoms with E-state index in [1.807, 2.05) is 11.8 Å². The SMILES string of the molecule is C[C@H]1CN(c2cc(Cl)ccc2NC(=O)c2ccc(CNC(=O)[C@@H]3CCNC3)c(F)c2F)CCN1CCC(F)(F)F. The van der Waals surface area contributed by atoms with Gasteiger partial charge in [0.2, 0.25) is 5.91 Å². The van der Waals surface area contributed by atoms with Gasteiger partial charge in [-0.3, -0.25) is 14.5 Å². The van der Waals surface area contributed by atoms with Gasteiger partial charge in [0.05, 0.1) is 29.3 Å². The summed E-state index contributed by atoms with van der Waals surface area (Å²) in [5.74, 6) is -3.92. The summed E-state index contributed by atoms with van der Waals surface area (Å²) in [5.41, 5.74) is 0.216. The Hall–Kier alpha value is -2.96. The highest BCUT2D eigenvalue weighted by Gasteiger charge is 2.32. The molecule has 0 radical (unpaired) electrons. The highest BCUT2D eigenvalue weighted by Crippen LogP contribution is 2.32. The smallest absolute Gasteiger partial charge is 0.367 e. The molecule has 218 valence electrons. The molecule has 2 saturated heterocycles. The topological polar surface area (TPSA) is 76.7 Å². The van der Waals surface area contributed by atoms with Crippen molar-refractivity contribution in [1.82, 2.24) is 15.5 Å². The first kappa shape index (κ1) is 30.0. The number of nitrogens with one attached hydrogen (secondary N) is 3. The molecule has 2 atom stereocenters. The van der Waals surface area contributed by atoms with Crippen LogP contribution in [0.2, 0.25) is 5.02 Å². The average molecular weight is 588 g/mol. The lowest BCUT2D eigenvalue weighted by atomic mass is 10.1. The lowest BCUT2D eigenvalue weighted by Crippen LogP contribution is -2.52. The number of piperazine rings is 1. The first-order valence-electron chi connectivity index (χ1n) is 13.0. The molecule has 0 spiro atoms. The molecule has 7 nitrogen and oxygen atoms in total. The molecule has 2 aromatic rings. The minimum Gasteiger partial charge on any atom is -0.367 e. The van der Waals surface area contributed by atoms with Crippen LogP contribution in [-0.4, -0.2) is 68.2 Å². The predicted molar refractivity (Wildman–Crippen MR) is 143 cm³/mol. The van der Waals surface area contributed by atoms with E-state index in [0.717, 1.165) is 12.6 Å². The second kappa shape index (κ2) is 12.7. The van der Waals surface area contributed by atoms with Gasteiger partial charge in [0.15, 0.2) is 11.6 Å². The summed E-state index contributed by atoms with van der Waals surface area (Å²) in [7, 11) is 0. The molecule has 2 fully saturated rings. The fraction of sp³-hybridized carbons (Fsp3) is 0.481. The number of hydrogen-bond acceptors (Lipinski definition) is 5. The van der Waals surface area contributed by atoms with Crippen molar-refractivity contribution in [3.8, 4) is 0 Å². The molecule has 3 N–H and O–H groups in total. The molecular weight excluding hydrogens is 557 g/mol. The second-order valence-corrected chi connectivity index (χ2v) is 10.6. The Bertz CT molecular complexity index is 1240. The molecule has 2 heterocycles. The van der Waals surface area contributed by atoms with E-state index in [9.17, 15) is 31.5 Å². The highest BCUT2D eigenvalue weighted by molar-refractivity contribution is 6.31. The monoisotopic (exact) mass is 587 g/mol. The number of rotatable bonds is 8. The second-order valence-electron chi connectivity index (χ2n) is 10.1. The fourth-order valence-corrected chi connectivity index (χ4v) is 5.15. The van der Waals surface area contributed by atoms with Gasteiger partial charge in [-0.2, -0.15) is 13.2 Å². The molecule has 2 aliphatic heterocycles. The van der Waals surface area contributed by atoms with E-state index in [-0.39, 0.29) is 36.5 Å². The number of nitrogens with zero attached hydrogens (tertiary/aromatic N) is 2. The van der Waals surface area contributed by atoms with Crippen LogP contribution < -0.4 is 20.9 Å². The van der Waals surface area contributed by atoms with Crippen LogP contribution >= 0.6 is 11.6 Å². The number of amides is 2. The van der Waals surface area contributed by atoms with Gasteiger partial charge in [-0.15, -0.1) is 0 Å². The van der Waals surface area contributed by atoms with Crippen LogP contribution in [0.15, 0.2) is 30.3 Å². The summed E-state index contributed by atoms with van der Waals surface area (Å²) in [6.45, 7) is 3.87. The third-order valence-corrected chi connectivity index (χ3v) is 7.52. The van der Waals surface area contributed by atoms with Gasteiger partial charge in [0, 0.05) is 55.9 Å². The summed E-state index contributed by atoms with van der Waals surface area (Å²) in [4.78, 5) is 28.8. The van der Waals surface area contributed by atoms with Crippen LogP contribution in [0.5, 0.6) is 0 Å². The minimum atomic E-state index is -4.24. The summed E-state index contributed by atoms with van der Waals surface area (Å²) in [5, 5.41) is 8.65. The lowest BCUT2D eigenvalue weighted by molar-refractivity contribution is -0.139. The van der Waals surface area contributed by atoms with E-state index in [1.165, 1.54) is 18.2 Å². The summed E-state index contributed by atoms with van der Waals surface area (Å²) < 4.78 is 67.8. The molecule has 2 amide bonds. The van der Waals surface area contributed by atoms with E-state index in [2.05, 4.69) is 16.0 Å². The Morgan fingerprint density at radius 2 is 1.90 bits per heavy atom. The van der Waals surface area contributed by atoms with Crippen molar-refractivity contribution < 1.29 is 31.5 Å². The molecule has 4 rings (SSSR count). The van der Waals surface area contributed by atoms with Gasteiger partial charge in [-0.25, -0.2) is 8.78 Å². The zero-order valence-corrected chi connectivity index (χ0v) is 22.6. The van der Waals surface area contributed by atoms with Gasteiger partial charge < -0.3 is 20.9 Å². The van der Waals surface area contributed by atoms with E-state index >= 15 is 0 Å². The van der Waals surface area contributed by atoms with Gasteiger partial charge in [-0.05, 0) is 44.2 Å². The van der Waals surface area contributed by atoms with Crippen molar-refractivity contribution in [2.45, 2.75) is 38.5 Å². The average Bonchev–Trinajstić information content (AvgIpc) is 3.44. The first-order valence-corrected chi connectivity index (χ1v) is 13.4. The molecule has 2 aromatic carbocycles. The number of alkyl halides is 3. The van der Waals surface area contributed by atoms with Crippen LogP contribution in [0.1, 0.15) is 35.7 Å². The Balaban J connectivity index is 1.44. The van der Waals surface area contributed by atoms with Crippen LogP contribution in [-0.2, 0) is 11.3 Å². The van der Waals surface area contributed by atoms with E-state index in [0.29, 0.717) is 49.0 Å². The van der Waals surface area contributed by atoms with Crippen LogP contribution in [0, 0.1) is 17.6 Å². The van der Waals surface area contributed by atoms with Crippen molar-refractivity contribution in [2.24, 2.45) is 5.92 Å². The fourth-order valence-electron chi connectivity index (χ4n) is 4.98. The normalized spacial score (nSPS) is 20.0. The summed E-state index contributed by atoms with van der Waals surface area (Å²) >= 11 is 6.19. The number of hydrogen-bond donors (Lipinski definition) is 3. The number of benzene rings is 2. The molecule has 0 saturated carbocycles. The zero-order chi connectivity index (χ0) is 29.0. The third kappa shape index (κ3) is 7.41. The first-order chi connectivity index (χ1) is 18.9. The van der Waals surface area contributed by atoms with Crippen molar-refractivity contribution >= 4 is 34.8 Å². The third-order valence-electron chi connectivity index (χ3n) is 7.29. The number of halogens is 6. The largest absolute Gasteiger partial charge is 0.390 e. The van der Waals surface area contributed by atoms with Crippen molar-refractivity contribution in [3.63, 3.8) is 0 Å². The van der Waals surface area contributed by atoms with E-state index in [1.54, 1.807) is 11.0 Å². The Morgan fingerprint density at radius 1 is 1.12 bits per heavy atom. The van der Waals surface area contributed by atoms with E-state index < -0.39 is 35.7 Å². The number of carbonyl (C=O) groups excluding carboxylic acids is 2. The van der Waals surface area contributed by atoms with E-state index in [4.69, 9.17) is 11.6 Å². The van der Waals surface area contributed by atoms with Gasteiger partial charge in [-0.1, -0.05) is 17.7 Å². The predicted octanol–water partition coefficient (Wildman–Crippen LogP) is 4.56. The summed E-state index contributed by atoms with van der Waals surface area (Å²) in [6.07, 6.45) is -4.47. The molecule has 0 aromatic heterocycles. The lowest BCUT2D eigenvalue weighted by Gasteiger charge is -2.41. The molecule has 2 aliphatic rings. The maximum absolute atomic E-state index is 14.9. The molecular formula is C27H31ClF5N5O2. The zero-order valence-electron chi connectivity index (χ0n) is 21.9. The van der Waals surface area contributed by atoms with Crippen molar-refractivity contribution in [1.29, 1.82) is 0 Å². The molecule has 0 aliphatic carbocycles. The van der Waals surface area contributed by atoms with Gasteiger partial charge in [0.1, 0.15) is 0 Å². The van der Waals surface area contributed by atoms with Crippen LogP contribution in [0.25, 0.3) is 0 Å². The maximum atomic E-state index is 14.9.